The molecule has 0 fully saturated rings. The van der Waals surface area contributed by atoms with Crippen LogP contribution in [0.4, 0.5) is 11.4 Å². The Bertz CT molecular complexity index is 2280. The van der Waals surface area contributed by atoms with E-state index in [0.717, 1.165) is 45.8 Å². The average Bonchev–Trinajstić information content (AvgIpc) is 3.19. The summed E-state index contributed by atoms with van der Waals surface area (Å²) < 4.78 is 0. The summed E-state index contributed by atoms with van der Waals surface area (Å²) in [6, 6.07) is 65.0. The second-order valence-electron chi connectivity index (χ2n) is 12.5. The molecule has 1 aliphatic rings. The molecule has 1 aliphatic carbocycles. The summed E-state index contributed by atoms with van der Waals surface area (Å²) >= 11 is 0. The van der Waals surface area contributed by atoms with E-state index in [4.69, 9.17) is 0 Å². The molecule has 0 aromatic heterocycles. The van der Waals surface area contributed by atoms with Crippen LogP contribution < -0.4 is 4.90 Å². The van der Waals surface area contributed by atoms with Crippen LogP contribution >= 0.6 is 0 Å². The van der Waals surface area contributed by atoms with Gasteiger partial charge >= 0.3 is 0 Å². The fourth-order valence-corrected chi connectivity index (χ4v) is 7.10. The van der Waals surface area contributed by atoms with Crippen molar-refractivity contribution in [3.8, 4) is 44.5 Å². The molecule has 50 heavy (non-hydrogen) atoms. The van der Waals surface area contributed by atoms with Gasteiger partial charge in [-0.15, -0.1) is 0 Å². The van der Waals surface area contributed by atoms with E-state index in [9.17, 15) is 0 Å². The lowest BCUT2D eigenvalue weighted by Crippen LogP contribution is -2.17. The minimum atomic E-state index is 0.746. The van der Waals surface area contributed by atoms with Crippen LogP contribution in [0.15, 0.2) is 212 Å². The van der Waals surface area contributed by atoms with Crippen molar-refractivity contribution in [3.63, 3.8) is 0 Å². The van der Waals surface area contributed by atoms with Gasteiger partial charge < -0.3 is 4.90 Å². The first-order valence-electron chi connectivity index (χ1n) is 17.2. The monoisotopic (exact) mass is 639 g/mol. The molecule has 8 rings (SSSR count). The van der Waals surface area contributed by atoms with Crippen LogP contribution in [0.3, 0.4) is 0 Å². The summed E-state index contributed by atoms with van der Waals surface area (Å²) in [6.07, 6.45) is 7.56. The van der Waals surface area contributed by atoms with E-state index in [1.165, 1.54) is 38.9 Å². The molecule has 0 heterocycles. The van der Waals surface area contributed by atoms with E-state index in [2.05, 4.69) is 212 Å². The molecule has 7 aromatic carbocycles. The lowest BCUT2D eigenvalue weighted by molar-refractivity contribution is 1.16. The zero-order valence-electron chi connectivity index (χ0n) is 27.9. The fourth-order valence-electron chi connectivity index (χ4n) is 7.10. The number of benzene rings is 7. The zero-order valence-corrected chi connectivity index (χ0v) is 27.9. The van der Waals surface area contributed by atoms with Crippen LogP contribution in [-0.2, 0) is 6.42 Å². The van der Waals surface area contributed by atoms with Gasteiger partial charge in [0.25, 0.3) is 0 Å². The van der Waals surface area contributed by atoms with E-state index in [-0.39, 0.29) is 0 Å². The van der Waals surface area contributed by atoms with Gasteiger partial charge in [0.05, 0.1) is 11.4 Å². The number of hydrogen-bond acceptors (Lipinski definition) is 1. The van der Waals surface area contributed by atoms with Crippen molar-refractivity contribution >= 4 is 16.9 Å². The predicted molar refractivity (Wildman–Crippen MR) is 213 cm³/mol. The molecule has 1 heteroatoms. The molecule has 0 N–H and O–H groups in total. The molecular formula is C49H37N. The van der Waals surface area contributed by atoms with E-state index < -0.39 is 0 Å². The van der Waals surface area contributed by atoms with Crippen LogP contribution in [0, 0.1) is 0 Å². The third-order valence-corrected chi connectivity index (χ3v) is 9.50. The number of fused-ring (bicyclic) bond motifs is 5. The lowest BCUT2D eigenvalue weighted by Gasteiger charge is -2.31. The van der Waals surface area contributed by atoms with Crippen LogP contribution in [0.2, 0.25) is 0 Å². The van der Waals surface area contributed by atoms with Gasteiger partial charge in [0.15, 0.2) is 0 Å². The second kappa shape index (κ2) is 14.0. The summed E-state index contributed by atoms with van der Waals surface area (Å²) in [7, 11) is 0. The Labute approximate surface area is 295 Å². The third kappa shape index (κ3) is 6.02. The van der Waals surface area contributed by atoms with Gasteiger partial charge in [0.1, 0.15) is 0 Å². The first-order chi connectivity index (χ1) is 24.8. The Kier molecular flexibility index (Phi) is 8.62. The highest BCUT2D eigenvalue weighted by molar-refractivity contribution is 5.94. The number of anilines is 2. The molecule has 0 saturated carbocycles. The SMILES string of the molecule is C=C1/C=C\C(N(c2ccccc2-c2ccccc2)c2ccccc2-c2ccccc2)=C/Cc2ccccc2-c2ccccc2-c2ccccc21. The van der Waals surface area contributed by atoms with Crippen LogP contribution in [-0.4, -0.2) is 0 Å². The van der Waals surface area contributed by atoms with Crippen LogP contribution in [0.1, 0.15) is 11.1 Å². The van der Waals surface area contributed by atoms with Crippen molar-refractivity contribution in [2.75, 3.05) is 4.90 Å². The van der Waals surface area contributed by atoms with Crippen molar-refractivity contribution in [2.45, 2.75) is 6.42 Å². The van der Waals surface area contributed by atoms with Crippen molar-refractivity contribution in [3.05, 3.63) is 224 Å². The number of allylic oxidation sites excluding steroid dienone is 4. The molecule has 0 saturated heterocycles. The smallest absolute Gasteiger partial charge is 0.0540 e. The van der Waals surface area contributed by atoms with Crippen molar-refractivity contribution < 1.29 is 0 Å². The zero-order chi connectivity index (χ0) is 33.7. The molecule has 0 radical (unpaired) electrons. The third-order valence-electron chi connectivity index (χ3n) is 9.50. The molecule has 0 bridgehead atoms. The highest BCUT2D eigenvalue weighted by Gasteiger charge is 2.22. The summed E-state index contributed by atoms with van der Waals surface area (Å²) in [5.41, 5.74) is 16.2. The largest absolute Gasteiger partial charge is 0.310 e. The minimum Gasteiger partial charge on any atom is -0.310 e. The number of rotatable bonds is 5. The highest BCUT2D eigenvalue weighted by atomic mass is 15.2. The maximum atomic E-state index is 4.64. The quantitative estimate of drug-likeness (QED) is 0.181. The Morgan fingerprint density at radius 3 is 1.32 bits per heavy atom. The lowest BCUT2D eigenvalue weighted by atomic mass is 9.87. The summed E-state index contributed by atoms with van der Waals surface area (Å²) in [4.78, 5) is 2.43. The Balaban J connectivity index is 1.40. The maximum Gasteiger partial charge on any atom is 0.0540 e. The van der Waals surface area contributed by atoms with Gasteiger partial charge in [-0.05, 0) is 74.7 Å². The molecule has 1 nitrogen and oxygen atoms in total. The number of para-hydroxylation sites is 2. The maximum absolute atomic E-state index is 4.64. The van der Waals surface area contributed by atoms with Gasteiger partial charge in [0, 0.05) is 16.8 Å². The molecule has 0 aliphatic heterocycles. The Morgan fingerprint density at radius 2 is 0.760 bits per heavy atom. The van der Waals surface area contributed by atoms with E-state index >= 15 is 0 Å². The van der Waals surface area contributed by atoms with E-state index in [1.54, 1.807) is 0 Å². The van der Waals surface area contributed by atoms with Gasteiger partial charge in [-0.1, -0.05) is 189 Å². The standard InChI is InChI=1S/C49H37N/c1-36-32-34-40(35-33-39-22-8-9-24-42(39)46-28-12-13-29-47(46)45-27-11-10-23-41(36)45)50(48-30-16-14-25-43(48)37-18-4-2-5-19-37)49-31-17-15-26-44(49)38-20-6-3-7-21-38/h2-32,34-35H,1,33H2/b34-32-,40-35+. The Morgan fingerprint density at radius 1 is 0.360 bits per heavy atom. The van der Waals surface area contributed by atoms with Crippen LogP contribution in [0.5, 0.6) is 0 Å². The summed E-state index contributed by atoms with van der Waals surface area (Å²) in [5, 5.41) is 0. The van der Waals surface area contributed by atoms with Gasteiger partial charge in [-0.25, -0.2) is 0 Å². The van der Waals surface area contributed by atoms with E-state index in [0.29, 0.717) is 0 Å². The molecule has 0 atom stereocenters. The summed E-state index contributed by atoms with van der Waals surface area (Å²) in [5.74, 6) is 0. The number of nitrogens with zero attached hydrogens (tertiary/aromatic N) is 1. The first-order valence-corrected chi connectivity index (χ1v) is 17.2. The molecular weight excluding hydrogens is 603 g/mol. The van der Waals surface area contributed by atoms with Crippen LogP contribution in [0.25, 0.3) is 50.1 Å². The van der Waals surface area contributed by atoms with Gasteiger partial charge in [0.2, 0.25) is 0 Å². The Hall–Kier alpha value is -6.44. The van der Waals surface area contributed by atoms with Crippen molar-refractivity contribution in [2.24, 2.45) is 0 Å². The highest BCUT2D eigenvalue weighted by Crippen LogP contribution is 2.44. The van der Waals surface area contributed by atoms with Gasteiger partial charge in [-0.2, -0.15) is 0 Å². The minimum absolute atomic E-state index is 0.746. The molecule has 238 valence electrons. The summed E-state index contributed by atoms with van der Waals surface area (Å²) in [6.45, 7) is 4.64. The first kappa shape index (κ1) is 30.9. The van der Waals surface area contributed by atoms with Gasteiger partial charge in [-0.3, -0.25) is 0 Å². The average molecular weight is 640 g/mol. The molecule has 0 spiro atoms. The second-order valence-corrected chi connectivity index (χ2v) is 12.5. The predicted octanol–water partition coefficient (Wildman–Crippen LogP) is 13.2. The number of hydrogen-bond donors (Lipinski definition) is 0. The van der Waals surface area contributed by atoms with E-state index in [1.807, 2.05) is 0 Å². The molecule has 0 amide bonds. The van der Waals surface area contributed by atoms with Crippen molar-refractivity contribution in [1.82, 2.24) is 0 Å². The molecule has 0 unspecified atom stereocenters. The fraction of sp³-hybridized carbons (Fsp3) is 0.0204. The normalized spacial score (nSPS) is 14.1. The molecule has 7 aromatic rings. The topological polar surface area (TPSA) is 3.24 Å². The van der Waals surface area contributed by atoms with Crippen molar-refractivity contribution in [1.29, 1.82) is 0 Å².